The van der Waals surface area contributed by atoms with E-state index in [-0.39, 0.29) is 23.1 Å². The predicted molar refractivity (Wildman–Crippen MR) is 126 cm³/mol. The number of aromatic nitrogens is 1. The molecule has 0 saturated carbocycles. The topological polar surface area (TPSA) is 77.4 Å². The van der Waals surface area contributed by atoms with Crippen molar-refractivity contribution in [1.82, 2.24) is 4.57 Å². The lowest BCUT2D eigenvalue weighted by atomic mass is 10.2. The minimum atomic E-state index is -3.70. The molecule has 6 nitrogen and oxygen atoms in total. The van der Waals surface area contributed by atoms with Crippen LogP contribution in [0.4, 0.5) is 5.69 Å². The largest absolute Gasteiger partial charge is 0.497 e. The highest BCUT2D eigenvalue weighted by Crippen LogP contribution is 2.29. The SMILES string of the molecule is COc1cccc(NC(=O)Cn2cc(S(=O)(=O)Cc3ccccc3Cl)c3ccccc32)c1. The van der Waals surface area contributed by atoms with Crippen molar-refractivity contribution in [2.45, 2.75) is 17.2 Å². The highest BCUT2D eigenvalue weighted by Gasteiger charge is 2.23. The number of nitrogens with one attached hydrogen (secondary N) is 1. The quantitative estimate of drug-likeness (QED) is 0.418. The minimum Gasteiger partial charge on any atom is -0.497 e. The third kappa shape index (κ3) is 4.64. The van der Waals surface area contributed by atoms with Crippen LogP contribution in [0, 0.1) is 0 Å². The Morgan fingerprint density at radius 1 is 1.03 bits per heavy atom. The van der Waals surface area contributed by atoms with Crippen molar-refractivity contribution < 1.29 is 17.9 Å². The maximum absolute atomic E-state index is 13.2. The Labute approximate surface area is 191 Å². The van der Waals surface area contributed by atoms with Crippen molar-refractivity contribution in [3.63, 3.8) is 0 Å². The zero-order valence-electron chi connectivity index (χ0n) is 17.3. The number of ether oxygens (including phenoxy) is 1. The molecular formula is C24H21ClN2O4S. The number of hydrogen-bond acceptors (Lipinski definition) is 4. The number of halogens is 1. The molecule has 4 aromatic rings. The minimum absolute atomic E-state index is 0.0423. The molecule has 164 valence electrons. The molecule has 8 heteroatoms. The second-order valence-electron chi connectivity index (χ2n) is 7.27. The van der Waals surface area contributed by atoms with Gasteiger partial charge < -0.3 is 14.6 Å². The van der Waals surface area contributed by atoms with Gasteiger partial charge in [-0.2, -0.15) is 0 Å². The summed E-state index contributed by atoms with van der Waals surface area (Å²) in [4.78, 5) is 12.8. The van der Waals surface area contributed by atoms with Gasteiger partial charge in [0.15, 0.2) is 9.84 Å². The molecule has 32 heavy (non-hydrogen) atoms. The number of rotatable bonds is 7. The number of sulfone groups is 1. The summed E-state index contributed by atoms with van der Waals surface area (Å²) in [6, 6.07) is 21.0. The van der Waals surface area contributed by atoms with Crippen LogP contribution in [0.2, 0.25) is 5.02 Å². The van der Waals surface area contributed by atoms with E-state index in [2.05, 4.69) is 5.32 Å². The van der Waals surface area contributed by atoms with Crippen LogP contribution < -0.4 is 10.1 Å². The molecule has 0 aliphatic carbocycles. The molecule has 0 bridgehead atoms. The van der Waals surface area contributed by atoms with E-state index in [9.17, 15) is 13.2 Å². The van der Waals surface area contributed by atoms with E-state index in [4.69, 9.17) is 16.3 Å². The van der Waals surface area contributed by atoms with E-state index in [1.165, 1.54) is 6.20 Å². The number of nitrogens with zero attached hydrogens (tertiary/aromatic N) is 1. The van der Waals surface area contributed by atoms with Crippen LogP contribution in [0.5, 0.6) is 5.75 Å². The number of hydrogen-bond donors (Lipinski definition) is 1. The van der Waals surface area contributed by atoms with Gasteiger partial charge in [-0.25, -0.2) is 8.42 Å². The Kier molecular flexibility index (Phi) is 6.21. The average molecular weight is 469 g/mol. The second kappa shape index (κ2) is 9.06. The Hall–Kier alpha value is -3.29. The van der Waals surface area contributed by atoms with Gasteiger partial charge in [0.2, 0.25) is 5.91 Å². The van der Waals surface area contributed by atoms with Crippen LogP contribution in [0.25, 0.3) is 10.9 Å². The Balaban J connectivity index is 1.64. The van der Waals surface area contributed by atoms with E-state index in [0.29, 0.717) is 32.9 Å². The lowest BCUT2D eigenvalue weighted by Crippen LogP contribution is -2.18. The molecule has 0 radical (unpaired) electrons. The summed E-state index contributed by atoms with van der Waals surface area (Å²) >= 11 is 6.18. The Morgan fingerprint density at radius 3 is 2.56 bits per heavy atom. The fourth-order valence-corrected chi connectivity index (χ4v) is 5.44. The van der Waals surface area contributed by atoms with Crippen LogP contribution in [-0.2, 0) is 26.9 Å². The Morgan fingerprint density at radius 2 is 1.78 bits per heavy atom. The van der Waals surface area contributed by atoms with Crippen molar-refractivity contribution in [3.8, 4) is 5.75 Å². The standard InChI is InChI=1S/C24H21ClN2O4S/c1-31-19-9-6-8-18(13-19)26-24(28)15-27-14-23(20-10-3-5-12-22(20)27)32(29,30)16-17-7-2-4-11-21(17)25/h2-14H,15-16H2,1H3,(H,26,28). The van der Waals surface area contributed by atoms with E-state index >= 15 is 0 Å². The molecule has 0 spiro atoms. The molecule has 3 aromatic carbocycles. The fourth-order valence-electron chi connectivity index (χ4n) is 3.55. The first kappa shape index (κ1) is 21.9. The van der Waals surface area contributed by atoms with Crippen molar-refractivity contribution in [1.29, 1.82) is 0 Å². The zero-order chi connectivity index (χ0) is 22.7. The smallest absolute Gasteiger partial charge is 0.244 e. The number of anilines is 1. The number of carbonyl (C=O) groups excluding carboxylic acids is 1. The molecule has 1 N–H and O–H groups in total. The molecular weight excluding hydrogens is 448 g/mol. The number of para-hydroxylation sites is 1. The monoisotopic (exact) mass is 468 g/mol. The summed E-state index contributed by atoms with van der Waals surface area (Å²) in [6.07, 6.45) is 1.52. The first-order valence-corrected chi connectivity index (χ1v) is 11.9. The molecule has 0 fully saturated rings. The van der Waals surface area contributed by atoms with Crippen molar-refractivity contribution >= 4 is 43.9 Å². The molecule has 1 aromatic heterocycles. The van der Waals surface area contributed by atoms with Gasteiger partial charge in [-0.15, -0.1) is 0 Å². The Bertz CT molecular complexity index is 1400. The lowest BCUT2D eigenvalue weighted by Gasteiger charge is -2.08. The first-order chi connectivity index (χ1) is 15.4. The highest BCUT2D eigenvalue weighted by molar-refractivity contribution is 7.90. The van der Waals surface area contributed by atoms with Crippen molar-refractivity contribution in [2.75, 3.05) is 12.4 Å². The molecule has 0 aliphatic rings. The number of fused-ring (bicyclic) bond motifs is 1. The van der Waals surface area contributed by atoms with Crippen LogP contribution in [0.1, 0.15) is 5.56 Å². The summed E-state index contributed by atoms with van der Waals surface area (Å²) in [5, 5.41) is 3.78. The van der Waals surface area contributed by atoms with Crippen LogP contribution >= 0.6 is 11.6 Å². The van der Waals surface area contributed by atoms with Gasteiger partial charge in [-0.1, -0.05) is 54.1 Å². The van der Waals surface area contributed by atoms with Crippen LogP contribution in [0.15, 0.2) is 83.9 Å². The fraction of sp³-hybridized carbons (Fsp3) is 0.125. The van der Waals surface area contributed by atoms with Crippen LogP contribution in [0.3, 0.4) is 0 Å². The first-order valence-electron chi connectivity index (χ1n) is 9.85. The molecule has 0 unspecified atom stereocenters. The summed E-state index contributed by atoms with van der Waals surface area (Å²) in [7, 11) is -2.15. The second-order valence-corrected chi connectivity index (χ2v) is 9.63. The van der Waals surface area contributed by atoms with Gasteiger partial charge in [-0.3, -0.25) is 4.79 Å². The van der Waals surface area contributed by atoms with E-state index in [1.54, 1.807) is 78.4 Å². The van der Waals surface area contributed by atoms with Crippen molar-refractivity contribution in [3.05, 3.63) is 89.6 Å². The molecule has 0 atom stereocenters. The summed E-state index contributed by atoms with van der Waals surface area (Å²) in [5.41, 5.74) is 1.78. The van der Waals surface area contributed by atoms with Crippen molar-refractivity contribution in [2.24, 2.45) is 0 Å². The predicted octanol–water partition coefficient (Wildman–Crippen LogP) is 4.92. The summed E-state index contributed by atoms with van der Waals surface area (Å²) < 4.78 is 33.3. The normalized spacial score (nSPS) is 11.4. The third-order valence-corrected chi connectivity index (χ3v) is 7.11. The summed E-state index contributed by atoms with van der Waals surface area (Å²) in [6.45, 7) is -0.0423. The van der Waals surface area contributed by atoms with Gasteiger partial charge in [-0.05, 0) is 29.8 Å². The molecule has 4 rings (SSSR count). The van der Waals surface area contributed by atoms with E-state index < -0.39 is 9.84 Å². The molecule has 1 heterocycles. The number of benzene rings is 3. The number of carbonyl (C=O) groups is 1. The maximum Gasteiger partial charge on any atom is 0.244 e. The van der Waals surface area contributed by atoms with Gasteiger partial charge in [0, 0.05) is 33.9 Å². The highest BCUT2D eigenvalue weighted by atomic mass is 35.5. The van der Waals surface area contributed by atoms with Gasteiger partial charge >= 0.3 is 0 Å². The average Bonchev–Trinajstić information content (AvgIpc) is 3.15. The third-order valence-electron chi connectivity index (χ3n) is 5.06. The molecule has 1 amide bonds. The molecule has 0 aliphatic heterocycles. The summed E-state index contributed by atoms with van der Waals surface area (Å²) in [5.74, 6) is 0.118. The number of methoxy groups -OCH3 is 1. The van der Waals surface area contributed by atoms with Crippen LogP contribution in [-0.4, -0.2) is 26.0 Å². The van der Waals surface area contributed by atoms with Gasteiger partial charge in [0.25, 0.3) is 0 Å². The van der Waals surface area contributed by atoms with Gasteiger partial charge in [0.05, 0.1) is 17.8 Å². The maximum atomic E-state index is 13.2. The van der Waals surface area contributed by atoms with Gasteiger partial charge in [0.1, 0.15) is 12.3 Å². The number of amides is 1. The van der Waals surface area contributed by atoms with E-state index in [0.717, 1.165) is 0 Å². The lowest BCUT2D eigenvalue weighted by molar-refractivity contribution is -0.116. The van der Waals surface area contributed by atoms with E-state index in [1.807, 2.05) is 6.07 Å². The molecule has 0 saturated heterocycles. The zero-order valence-corrected chi connectivity index (χ0v) is 18.9.